The fourth-order valence-corrected chi connectivity index (χ4v) is 3.94. The fourth-order valence-electron chi connectivity index (χ4n) is 2.07. The minimum Gasteiger partial charge on any atom is -0.480 e. The van der Waals surface area contributed by atoms with Crippen molar-refractivity contribution in [3.05, 3.63) is 41.5 Å². The molecule has 0 saturated heterocycles. The van der Waals surface area contributed by atoms with E-state index in [0.717, 1.165) is 27.8 Å². The molecule has 1 heterocycles. The van der Waals surface area contributed by atoms with Crippen LogP contribution in [-0.2, 0) is 9.59 Å². The lowest BCUT2D eigenvalue weighted by molar-refractivity contribution is -0.138. The van der Waals surface area contributed by atoms with Crippen molar-refractivity contribution in [2.75, 3.05) is 11.1 Å². The number of carbonyl (C=O) groups excluding carboxylic acids is 1. The second-order valence-corrected chi connectivity index (χ2v) is 8.51. The van der Waals surface area contributed by atoms with Crippen molar-refractivity contribution < 1.29 is 14.7 Å². The van der Waals surface area contributed by atoms with Crippen LogP contribution in [0.3, 0.4) is 0 Å². The van der Waals surface area contributed by atoms with Gasteiger partial charge in [0, 0.05) is 4.88 Å². The van der Waals surface area contributed by atoms with E-state index in [9.17, 15) is 14.9 Å². The molecule has 0 aliphatic rings. The summed E-state index contributed by atoms with van der Waals surface area (Å²) in [6, 6.07) is 11.8. The van der Waals surface area contributed by atoms with E-state index in [1.165, 1.54) is 11.3 Å². The van der Waals surface area contributed by atoms with E-state index in [-0.39, 0.29) is 11.7 Å². The van der Waals surface area contributed by atoms with Gasteiger partial charge in [0.1, 0.15) is 15.8 Å². The maximum atomic E-state index is 12.2. The second-order valence-electron chi connectivity index (χ2n) is 5.89. The van der Waals surface area contributed by atoms with Crippen LogP contribution in [0.4, 0.5) is 5.00 Å². The summed E-state index contributed by atoms with van der Waals surface area (Å²) >= 11 is 2.40. The number of rotatable bonds is 6. The fraction of sp³-hybridized carbons (Fsp3) is 0.278. The smallest absolute Gasteiger partial charge is 0.319 e. The van der Waals surface area contributed by atoms with Crippen LogP contribution in [0.5, 0.6) is 0 Å². The number of hydrogen-bond acceptors (Lipinski definition) is 5. The number of amides is 1. The van der Waals surface area contributed by atoms with Gasteiger partial charge in [0.15, 0.2) is 0 Å². The number of nitriles is 1. The number of thioether (sulfide) groups is 1. The first kappa shape index (κ1) is 19.0. The van der Waals surface area contributed by atoms with Gasteiger partial charge >= 0.3 is 5.97 Å². The Kier molecular flexibility index (Phi) is 5.88. The summed E-state index contributed by atoms with van der Waals surface area (Å²) in [7, 11) is 0. The van der Waals surface area contributed by atoms with Gasteiger partial charge in [-0.1, -0.05) is 30.3 Å². The summed E-state index contributed by atoms with van der Waals surface area (Å²) in [6.45, 7) is 4.96. The van der Waals surface area contributed by atoms with Gasteiger partial charge in [0.2, 0.25) is 5.91 Å². The molecule has 0 atom stereocenters. The summed E-state index contributed by atoms with van der Waals surface area (Å²) in [5.74, 6) is -1.29. The van der Waals surface area contributed by atoms with Crippen LogP contribution in [0.15, 0.2) is 30.3 Å². The standard InChI is InChI=1S/C18H18N2O3S2/c1-11-13(9-19)16(25-15(11)12-7-5-4-6-8-12)20-14(21)10-24-18(2,3)17(22)23/h4-8H,10H2,1-3H3,(H,20,21)(H,22,23). The third-order valence-corrected chi connectivity index (χ3v) is 6.19. The number of carboxylic acids is 1. The van der Waals surface area contributed by atoms with Gasteiger partial charge in [-0.05, 0) is 31.9 Å². The number of thiophene rings is 1. The number of benzene rings is 1. The predicted molar refractivity (Wildman–Crippen MR) is 102 cm³/mol. The molecule has 0 radical (unpaired) electrons. The van der Waals surface area contributed by atoms with Crippen LogP contribution in [0.2, 0.25) is 0 Å². The third kappa shape index (κ3) is 4.41. The van der Waals surface area contributed by atoms with Gasteiger partial charge in [0.05, 0.1) is 11.3 Å². The van der Waals surface area contributed by atoms with Crippen LogP contribution in [0.25, 0.3) is 10.4 Å². The maximum Gasteiger partial charge on any atom is 0.319 e. The number of hydrogen-bond donors (Lipinski definition) is 2. The van der Waals surface area contributed by atoms with Gasteiger partial charge in [-0.2, -0.15) is 5.26 Å². The van der Waals surface area contributed by atoms with Crippen LogP contribution < -0.4 is 5.32 Å². The maximum absolute atomic E-state index is 12.2. The van der Waals surface area contributed by atoms with Crippen LogP contribution in [-0.4, -0.2) is 27.5 Å². The Morgan fingerprint density at radius 2 is 1.96 bits per heavy atom. The predicted octanol–water partition coefficient (Wildman–Crippen LogP) is 4.13. The summed E-state index contributed by atoms with van der Waals surface area (Å²) in [6.07, 6.45) is 0. The average molecular weight is 374 g/mol. The van der Waals surface area contributed by atoms with Gasteiger partial charge in [-0.3, -0.25) is 9.59 Å². The second kappa shape index (κ2) is 7.72. The Morgan fingerprint density at radius 3 is 2.52 bits per heavy atom. The number of aliphatic carboxylic acids is 1. The Morgan fingerprint density at radius 1 is 1.32 bits per heavy atom. The van der Waals surface area contributed by atoms with Gasteiger partial charge in [-0.15, -0.1) is 23.1 Å². The zero-order chi connectivity index (χ0) is 18.6. The van der Waals surface area contributed by atoms with Crippen LogP contribution in [0.1, 0.15) is 25.0 Å². The van der Waals surface area contributed by atoms with Crippen molar-refractivity contribution in [1.82, 2.24) is 0 Å². The molecular formula is C18H18N2O3S2. The molecule has 0 aliphatic carbocycles. The lowest BCUT2D eigenvalue weighted by Crippen LogP contribution is -2.29. The Balaban J connectivity index is 2.19. The van der Waals surface area contributed by atoms with Crippen molar-refractivity contribution in [3.63, 3.8) is 0 Å². The molecule has 1 aromatic carbocycles. The summed E-state index contributed by atoms with van der Waals surface area (Å²) in [4.78, 5) is 24.2. The van der Waals surface area contributed by atoms with E-state index in [2.05, 4.69) is 11.4 Å². The van der Waals surface area contributed by atoms with E-state index in [0.29, 0.717) is 10.6 Å². The summed E-state index contributed by atoms with van der Waals surface area (Å²) in [5.41, 5.74) is 2.26. The Bertz CT molecular complexity index is 836. The number of nitrogens with one attached hydrogen (secondary N) is 1. The third-order valence-electron chi connectivity index (χ3n) is 3.63. The first-order chi connectivity index (χ1) is 11.8. The molecule has 1 amide bonds. The molecule has 0 bridgehead atoms. The molecule has 0 unspecified atom stereocenters. The molecule has 7 heteroatoms. The van der Waals surface area contributed by atoms with Gasteiger partial charge in [0.25, 0.3) is 0 Å². The average Bonchev–Trinajstić information content (AvgIpc) is 2.89. The molecule has 5 nitrogen and oxygen atoms in total. The van der Waals surface area contributed by atoms with Crippen molar-refractivity contribution in [3.8, 4) is 16.5 Å². The lowest BCUT2D eigenvalue weighted by atomic mass is 10.1. The van der Waals surface area contributed by atoms with E-state index < -0.39 is 10.7 Å². The largest absolute Gasteiger partial charge is 0.480 e. The molecule has 0 saturated carbocycles. The number of carboxylic acid groups (broad SMARTS) is 1. The van der Waals surface area contributed by atoms with Crippen molar-refractivity contribution in [2.45, 2.75) is 25.5 Å². The SMILES string of the molecule is Cc1c(-c2ccccc2)sc(NC(=O)CSC(C)(C)C(=O)O)c1C#N. The molecular weight excluding hydrogens is 356 g/mol. The highest BCUT2D eigenvalue weighted by Crippen LogP contribution is 2.39. The van der Waals surface area contributed by atoms with Gasteiger partial charge in [-0.25, -0.2) is 0 Å². The first-order valence-electron chi connectivity index (χ1n) is 7.52. The molecule has 0 aliphatic heterocycles. The summed E-state index contributed by atoms with van der Waals surface area (Å²) in [5, 5.41) is 21.8. The van der Waals surface area contributed by atoms with E-state index in [1.807, 2.05) is 37.3 Å². The summed E-state index contributed by atoms with van der Waals surface area (Å²) < 4.78 is -1.05. The molecule has 0 spiro atoms. The minimum atomic E-state index is -1.05. The highest BCUT2D eigenvalue weighted by molar-refractivity contribution is 8.02. The van der Waals surface area contributed by atoms with E-state index in [1.54, 1.807) is 13.8 Å². The Hall–Kier alpha value is -2.30. The van der Waals surface area contributed by atoms with E-state index >= 15 is 0 Å². The quantitative estimate of drug-likeness (QED) is 0.793. The van der Waals surface area contributed by atoms with Gasteiger partial charge < -0.3 is 10.4 Å². The number of nitrogens with zero attached hydrogens (tertiary/aromatic N) is 1. The molecule has 0 fully saturated rings. The highest BCUT2D eigenvalue weighted by atomic mass is 32.2. The first-order valence-corrected chi connectivity index (χ1v) is 9.32. The van der Waals surface area contributed by atoms with Crippen LogP contribution in [0, 0.1) is 18.3 Å². The zero-order valence-corrected chi connectivity index (χ0v) is 15.8. The molecule has 130 valence electrons. The molecule has 25 heavy (non-hydrogen) atoms. The minimum absolute atomic E-state index is 0.00177. The molecule has 1 aromatic heterocycles. The number of anilines is 1. The van der Waals surface area contributed by atoms with Crippen molar-refractivity contribution in [2.24, 2.45) is 0 Å². The molecule has 2 rings (SSSR count). The molecule has 2 aromatic rings. The van der Waals surface area contributed by atoms with E-state index in [4.69, 9.17) is 5.11 Å². The van der Waals surface area contributed by atoms with Crippen molar-refractivity contribution >= 4 is 40.0 Å². The number of carbonyl (C=O) groups is 2. The highest BCUT2D eigenvalue weighted by Gasteiger charge is 2.28. The zero-order valence-electron chi connectivity index (χ0n) is 14.1. The Labute approximate surface area is 154 Å². The molecule has 2 N–H and O–H groups in total. The van der Waals surface area contributed by atoms with Crippen molar-refractivity contribution in [1.29, 1.82) is 5.26 Å². The monoisotopic (exact) mass is 374 g/mol. The normalized spacial score (nSPS) is 11.0. The topological polar surface area (TPSA) is 90.2 Å². The van der Waals surface area contributed by atoms with Crippen LogP contribution >= 0.6 is 23.1 Å². The lowest BCUT2D eigenvalue weighted by Gasteiger charge is -2.17.